The molecule has 1 amide bonds. The number of amides is 1. The van der Waals surface area contributed by atoms with Gasteiger partial charge in [-0.15, -0.1) is 0 Å². The molecule has 0 heterocycles. The molecule has 2 aromatic carbocycles. The summed E-state index contributed by atoms with van der Waals surface area (Å²) in [7, 11) is 2.37. The van der Waals surface area contributed by atoms with E-state index in [1.54, 1.807) is 0 Å². The van der Waals surface area contributed by atoms with Crippen LogP contribution in [0.1, 0.15) is 6.92 Å². The Kier molecular flexibility index (Phi) is 9.43. The molecule has 0 saturated heterocycles. The predicted molar refractivity (Wildman–Crippen MR) is 116 cm³/mol. The van der Waals surface area contributed by atoms with Crippen molar-refractivity contribution in [1.29, 1.82) is 0 Å². The number of carbonyl (C=O) groups excluding carboxylic acids is 2. The summed E-state index contributed by atoms with van der Waals surface area (Å²) in [6, 6.07) is 21.1. The monoisotopic (exact) mass is 424 g/mol. The summed E-state index contributed by atoms with van der Waals surface area (Å²) in [5.74, 6) is -1.24. The van der Waals surface area contributed by atoms with Gasteiger partial charge in [-0.1, -0.05) is 106 Å². The average Bonchev–Trinajstić information content (AvgIpc) is 2.63. The number of hydrogen-bond acceptors (Lipinski definition) is 3. The Balaban J connectivity index is 0.000000270. The number of Topliss-reactive ketones (excluding diaryl/α,β-unsaturated/α-hetero) is 1. The molecule has 0 bridgehead atoms. The van der Waals surface area contributed by atoms with Crippen molar-refractivity contribution < 1.29 is 9.59 Å². The summed E-state index contributed by atoms with van der Waals surface area (Å²) >= 11 is 16.3. The van der Waals surface area contributed by atoms with Crippen LogP contribution < -0.4 is 22.0 Å². The van der Waals surface area contributed by atoms with E-state index >= 15 is 0 Å². The molecule has 4 nitrogen and oxygen atoms in total. The fourth-order valence-corrected chi connectivity index (χ4v) is 2.45. The summed E-state index contributed by atoms with van der Waals surface area (Å²) in [6.07, 6.45) is 0. The van der Waals surface area contributed by atoms with E-state index in [1.807, 2.05) is 0 Å². The molecule has 0 aliphatic heterocycles. The van der Waals surface area contributed by atoms with Crippen molar-refractivity contribution in [1.82, 2.24) is 5.32 Å². The molecule has 3 N–H and O–H groups in total. The van der Waals surface area contributed by atoms with Crippen molar-refractivity contribution in [2.75, 3.05) is 7.05 Å². The van der Waals surface area contributed by atoms with Gasteiger partial charge in [0, 0.05) is 7.05 Å². The van der Waals surface area contributed by atoms with Gasteiger partial charge in [0.2, 0.25) is 3.79 Å². The first kappa shape index (κ1) is 23.1. The molecule has 2 rings (SSSR count). The minimum atomic E-state index is -1.96. The second-order valence-electron chi connectivity index (χ2n) is 5.57. The first-order valence-electron chi connectivity index (χ1n) is 8.04. The molecule has 0 saturated carbocycles. The fourth-order valence-electron chi connectivity index (χ4n) is 2.17. The van der Waals surface area contributed by atoms with Crippen LogP contribution in [0.15, 0.2) is 71.9 Å². The Morgan fingerprint density at radius 1 is 0.926 bits per heavy atom. The SMILES string of the molecule is B(c1ccccc1)c1ccccc1.CNC(=O)/C(C(C)=O)=C(\N)C(Cl)(Cl)Cl. The Morgan fingerprint density at radius 2 is 1.33 bits per heavy atom. The van der Waals surface area contributed by atoms with E-state index in [9.17, 15) is 9.59 Å². The minimum absolute atomic E-state index is 0.340. The Labute approximate surface area is 174 Å². The number of hydrogen-bond donors (Lipinski definition) is 2. The van der Waals surface area contributed by atoms with Crippen molar-refractivity contribution in [2.24, 2.45) is 5.73 Å². The molecule has 0 spiro atoms. The van der Waals surface area contributed by atoms with Crippen molar-refractivity contribution in [3.63, 3.8) is 0 Å². The van der Waals surface area contributed by atoms with Gasteiger partial charge in [0.1, 0.15) is 5.57 Å². The van der Waals surface area contributed by atoms with E-state index in [1.165, 1.54) is 18.0 Å². The summed E-state index contributed by atoms with van der Waals surface area (Å²) in [5.41, 5.74) is 7.39. The molecule has 0 aromatic heterocycles. The lowest BCUT2D eigenvalue weighted by molar-refractivity contribution is -0.121. The van der Waals surface area contributed by atoms with Crippen molar-refractivity contribution in [3.05, 3.63) is 71.9 Å². The smallest absolute Gasteiger partial charge is 0.256 e. The molecule has 8 heteroatoms. The zero-order chi connectivity index (χ0) is 20.4. The van der Waals surface area contributed by atoms with Crippen LogP contribution in [0.25, 0.3) is 0 Å². The van der Waals surface area contributed by atoms with Gasteiger partial charge in [-0.3, -0.25) is 9.59 Å². The van der Waals surface area contributed by atoms with Crippen molar-refractivity contribution >= 4 is 64.7 Å². The Hall–Kier alpha value is -1.95. The van der Waals surface area contributed by atoms with Crippen LogP contribution in [-0.4, -0.2) is 29.8 Å². The highest BCUT2D eigenvalue weighted by atomic mass is 35.6. The summed E-state index contributed by atoms with van der Waals surface area (Å²) in [4.78, 5) is 22.3. The molecule has 27 heavy (non-hydrogen) atoms. The maximum Gasteiger partial charge on any atom is 0.256 e. The van der Waals surface area contributed by atoms with Gasteiger partial charge in [-0.2, -0.15) is 0 Å². The second kappa shape index (κ2) is 11.0. The summed E-state index contributed by atoms with van der Waals surface area (Å²) in [5, 5.41) is 2.23. The van der Waals surface area contributed by atoms with E-state index in [0.717, 1.165) is 14.2 Å². The molecule has 0 atom stereocenters. The Morgan fingerprint density at radius 3 is 1.63 bits per heavy atom. The van der Waals surface area contributed by atoms with E-state index in [4.69, 9.17) is 40.5 Å². The van der Waals surface area contributed by atoms with E-state index in [0.29, 0.717) is 0 Å². The van der Waals surface area contributed by atoms with Gasteiger partial charge in [0.15, 0.2) is 13.1 Å². The van der Waals surface area contributed by atoms with Gasteiger partial charge in [-0.25, -0.2) is 0 Å². The van der Waals surface area contributed by atoms with Crippen molar-refractivity contribution in [3.8, 4) is 0 Å². The first-order valence-corrected chi connectivity index (χ1v) is 9.18. The number of ketones is 1. The Bertz CT molecular complexity index is 754. The van der Waals surface area contributed by atoms with E-state index in [-0.39, 0.29) is 11.3 Å². The van der Waals surface area contributed by atoms with Gasteiger partial charge >= 0.3 is 0 Å². The standard InChI is InChI=1S/C12H11B.C7H9Cl3N2O2/c1-3-7-11(8-4-1)13-12-9-5-2-6-10-12;1-3(13)4(6(14)12-2)5(11)7(8,9)10/h1-10,13H;11H2,1-2H3,(H,12,14)/b;5-4-. The molecule has 0 unspecified atom stereocenters. The van der Waals surface area contributed by atoms with Crippen LogP contribution in [0.5, 0.6) is 0 Å². The highest BCUT2D eigenvalue weighted by Crippen LogP contribution is 2.33. The number of nitrogens with two attached hydrogens (primary N) is 1. The lowest BCUT2D eigenvalue weighted by atomic mass is 9.64. The number of carbonyl (C=O) groups is 2. The quantitative estimate of drug-likeness (QED) is 0.259. The van der Waals surface area contributed by atoms with Gasteiger partial charge in [-0.05, 0) is 6.92 Å². The predicted octanol–water partition coefficient (Wildman–Crippen LogP) is 1.98. The average molecular weight is 426 g/mol. The molecule has 142 valence electrons. The number of alkyl halides is 3. The number of halogens is 3. The topological polar surface area (TPSA) is 72.2 Å². The third kappa shape index (κ3) is 8.08. The number of rotatable bonds is 4. The second-order valence-corrected chi connectivity index (χ2v) is 7.85. The number of allylic oxidation sites excluding steroid dienone is 1. The van der Waals surface area contributed by atoms with Gasteiger partial charge in [0.25, 0.3) is 5.91 Å². The lowest BCUT2D eigenvalue weighted by Gasteiger charge is -2.14. The van der Waals surface area contributed by atoms with E-state index in [2.05, 4.69) is 66.0 Å². The summed E-state index contributed by atoms with van der Waals surface area (Å²) < 4.78 is -1.96. The first-order chi connectivity index (χ1) is 12.7. The highest BCUT2D eigenvalue weighted by Gasteiger charge is 2.31. The maximum atomic E-state index is 11.2. The largest absolute Gasteiger partial charge is 0.398 e. The van der Waals surface area contributed by atoms with Crippen LogP contribution in [0, 0.1) is 0 Å². The van der Waals surface area contributed by atoms with Crippen LogP contribution >= 0.6 is 34.8 Å². The number of likely N-dealkylation sites (N-methyl/N-ethyl adjacent to an activating group) is 1. The van der Waals surface area contributed by atoms with Crippen LogP contribution in [-0.2, 0) is 9.59 Å². The highest BCUT2D eigenvalue weighted by molar-refractivity contribution is 6.69. The molecule has 2 aromatic rings. The van der Waals surface area contributed by atoms with E-state index < -0.39 is 15.5 Å². The van der Waals surface area contributed by atoms with Crippen LogP contribution in [0.3, 0.4) is 0 Å². The third-order valence-corrected chi connectivity index (χ3v) is 4.09. The maximum absolute atomic E-state index is 11.2. The van der Waals surface area contributed by atoms with Gasteiger partial charge in [0.05, 0.1) is 5.70 Å². The molecule has 0 aliphatic carbocycles. The zero-order valence-electron chi connectivity index (χ0n) is 15.0. The van der Waals surface area contributed by atoms with Crippen molar-refractivity contribution in [2.45, 2.75) is 10.7 Å². The minimum Gasteiger partial charge on any atom is -0.398 e. The molecular weight excluding hydrogens is 405 g/mol. The summed E-state index contributed by atoms with van der Waals surface area (Å²) in [6.45, 7) is 1.16. The third-order valence-electron chi connectivity index (χ3n) is 3.47. The normalized spacial score (nSPS) is 11.4. The van der Waals surface area contributed by atoms with Gasteiger partial charge < -0.3 is 11.1 Å². The number of benzene rings is 2. The number of nitrogens with one attached hydrogen (secondary N) is 1. The molecule has 0 fully saturated rings. The zero-order valence-corrected chi connectivity index (χ0v) is 17.3. The molecule has 0 radical (unpaired) electrons. The van der Waals surface area contributed by atoms with Crippen LogP contribution in [0.4, 0.5) is 0 Å². The molecular formula is C19H20BCl3N2O2. The fraction of sp³-hybridized carbons (Fsp3) is 0.158. The molecule has 0 aliphatic rings. The lowest BCUT2D eigenvalue weighted by Crippen LogP contribution is -2.31. The van der Waals surface area contributed by atoms with Crippen LogP contribution in [0.2, 0.25) is 0 Å².